The smallest absolute Gasteiger partial charge is 0.258 e. The second kappa shape index (κ2) is 7.91. The maximum atomic E-state index is 11.1. The summed E-state index contributed by atoms with van der Waals surface area (Å²) < 4.78 is 0. The summed E-state index contributed by atoms with van der Waals surface area (Å²) in [6, 6.07) is 14.6. The van der Waals surface area contributed by atoms with Gasteiger partial charge in [0.15, 0.2) is 0 Å². The Balaban J connectivity index is 1.85. The predicted molar refractivity (Wildman–Crippen MR) is 102 cm³/mol. The van der Waals surface area contributed by atoms with Gasteiger partial charge in [-0.25, -0.2) is 4.98 Å². The molecule has 0 aliphatic carbocycles. The van der Waals surface area contributed by atoms with Gasteiger partial charge in [0.25, 0.3) is 5.69 Å². The fourth-order valence-corrected chi connectivity index (χ4v) is 3.57. The molecular formula is C17H14N4O2S2. The van der Waals surface area contributed by atoms with Gasteiger partial charge in [-0.05, 0) is 25.1 Å². The van der Waals surface area contributed by atoms with E-state index in [-0.39, 0.29) is 5.69 Å². The zero-order valence-electron chi connectivity index (χ0n) is 13.2. The zero-order valence-corrected chi connectivity index (χ0v) is 14.9. The van der Waals surface area contributed by atoms with Crippen LogP contribution in [0.5, 0.6) is 0 Å². The van der Waals surface area contributed by atoms with Crippen molar-refractivity contribution in [1.82, 2.24) is 4.98 Å². The Hall–Kier alpha value is -2.71. The number of benzene rings is 2. The van der Waals surface area contributed by atoms with Crippen molar-refractivity contribution in [1.29, 1.82) is 0 Å². The third-order valence-corrected chi connectivity index (χ3v) is 5.12. The van der Waals surface area contributed by atoms with E-state index in [4.69, 9.17) is 0 Å². The van der Waals surface area contributed by atoms with Crippen LogP contribution in [0.3, 0.4) is 0 Å². The van der Waals surface area contributed by atoms with Gasteiger partial charge in [0, 0.05) is 32.9 Å². The molecule has 0 aliphatic rings. The highest BCUT2D eigenvalue weighted by Crippen LogP contribution is 2.31. The molecule has 3 aromatic rings. The van der Waals surface area contributed by atoms with Crippen molar-refractivity contribution < 1.29 is 4.92 Å². The monoisotopic (exact) mass is 370 g/mol. The number of rotatable bonds is 6. The standard InChI is InChI=1S/C17H14N4O2S2/c1-12-11-24-17(19-12)20-18-10-13-9-14(21(22)23)7-8-16(13)25-15-5-3-2-4-6-15/h2-11H,1H3,(H,19,20). The number of hydrazone groups is 1. The summed E-state index contributed by atoms with van der Waals surface area (Å²) in [6.45, 7) is 1.90. The summed E-state index contributed by atoms with van der Waals surface area (Å²) in [5, 5.41) is 17.8. The first kappa shape index (κ1) is 17.1. The van der Waals surface area contributed by atoms with E-state index in [0.29, 0.717) is 10.7 Å². The minimum Gasteiger partial charge on any atom is -0.258 e. The summed E-state index contributed by atoms with van der Waals surface area (Å²) in [7, 11) is 0. The first-order valence-corrected chi connectivity index (χ1v) is 9.04. The largest absolute Gasteiger partial charge is 0.270 e. The lowest BCUT2D eigenvalue weighted by Gasteiger charge is -2.05. The summed E-state index contributed by atoms with van der Waals surface area (Å²) >= 11 is 2.98. The minimum atomic E-state index is -0.411. The van der Waals surface area contributed by atoms with Gasteiger partial charge >= 0.3 is 0 Å². The number of nitro benzene ring substituents is 1. The number of aryl methyl sites for hydroxylation is 1. The maximum Gasteiger partial charge on any atom is 0.270 e. The molecule has 0 spiro atoms. The van der Waals surface area contributed by atoms with Gasteiger partial charge < -0.3 is 0 Å². The van der Waals surface area contributed by atoms with Crippen molar-refractivity contribution in [2.75, 3.05) is 5.43 Å². The van der Waals surface area contributed by atoms with Crippen LogP contribution >= 0.6 is 23.1 Å². The highest BCUT2D eigenvalue weighted by molar-refractivity contribution is 7.99. The fraction of sp³-hybridized carbons (Fsp3) is 0.0588. The van der Waals surface area contributed by atoms with E-state index in [1.165, 1.54) is 35.2 Å². The molecule has 126 valence electrons. The maximum absolute atomic E-state index is 11.1. The molecule has 3 rings (SSSR count). The summed E-state index contributed by atoms with van der Waals surface area (Å²) in [6.07, 6.45) is 1.58. The number of aromatic nitrogens is 1. The van der Waals surface area contributed by atoms with Crippen LogP contribution in [0.2, 0.25) is 0 Å². The molecule has 6 nitrogen and oxygen atoms in total. The lowest BCUT2D eigenvalue weighted by atomic mass is 10.2. The Labute approximate surface area is 152 Å². The Morgan fingerprint density at radius 3 is 2.76 bits per heavy atom. The molecular weight excluding hydrogens is 356 g/mol. The average molecular weight is 370 g/mol. The van der Waals surface area contributed by atoms with Gasteiger partial charge in [-0.15, -0.1) is 11.3 Å². The van der Waals surface area contributed by atoms with Gasteiger partial charge in [-0.1, -0.05) is 30.0 Å². The number of non-ortho nitro benzene ring substituents is 1. The van der Waals surface area contributed by atoms with Crippen LogP contribution in [0.4, 0.5) is 10.8 Å². The van der Waals surface area contributed by atoms with Crippen LogP contribution in [0.25, 0.3) is 0 Å². The van der Waals surface area contributed by atoms with E-state index < -0.39 is 4.92 Å². The second-order valence-corrected chi connectivity index (χ2v) is 7.03. The van der Waals surface area contributed by atoms with E-state index in [1.54, 1.807) is 12.3 Å². The van der Waals surface area contributed by atoms with E-state index in [2.05, 4.69) is 15.5 Å². The van der Waals surface area contributed by atoms with Crippen LogP contribution < -0.4 is 5.43 Å². The predicted octanol–water partition coefficient (Wildman–Crippen LogP) is 4.96. The van der Waals surface area contributed by atoms with Crippen LogP contribution in [-0.2, 0) is 0 Å². The van der Waals surface area contributed by atoms with E-state index in [9.17, 15) is 10.1 Å². The number of hydrogen-bond donors (Lipinski definition) is 1. The normalized spacial score (nSPS) is 10.9. The molecule has 0 saturated carbocycles. The number of hydrogen-bond acceptors (Lipinski definition) is 7. The molecule has 0 bridgehead atoms. The summed E-state index contributed by atoms with van der Waals surface area (Å²) in [5.41, 5.74) is 4.47. The van der Waals surface area contributed by atoms with Gasteiger partial charge in [-0.2, -0.15) is 5.10 Å². The molecule has 0 unspecified atom stereocenters. The molecule has 0 radical (unpaired) electrons. The Morgan fingerprint density at radius 1 is 1.28 bits per heavy atom. The quantitative estimate of drug-likeness (QED) is 0.377. The molecule has 25 heavy (non-hydrogen) atoms. The fourth-order valence-electron chi connectivity index (χ4n) is 2.02. The first-order chi connectivity index (χ1) is 12.1. The van der Waals surface area contributed by atoms with Crippen LogP contribution in [0.1, 0.15) is 11.3 Å². The number of nitrogens with zero attached hydrogens (tertiary/aromatic N) is 3. The lowest BCUT2D eigenvalue weighted by Crippen LogP contribution is -1.95. The highest BCUT2D eigenvalue weighted by Gasteiger charge is 2.11. The van der Waals surface area contributed by atoms with Crippen molar-refractivity contribution in [2.45, 2.75) is 16.7 Å². The van der Waals surface area contributed by atoms with Crippen molar-refractivity contribution >= 4 is 40.1 Å². The minimum absolute atomic E-state index is 0.0314. The molecule has 8 heteroatoms. The van der Waals surface area contributed by atoms with Crippen molar-refractivity contribution in [3.05, 3.63) is 75.3 Å². The highest BCUT2D eigenvalue weighted by atomic mass is 32.2. The van der Waals surface area contributed by atoms with Crippen molar-refractivity contribution in [3.63, 3.8) is 0 Å². The van der Waals surface area contributed by atoms with E-state index in [1.807, 2.05) is 42.6 Å². The number of thiazole rings is 1. The first-order valence-electron chi connectivity index (χ1n) is 7.34. The van der Waals surface area contributed by atoms with Crippen molar-refractivity contribution in [2.24, 2.45) is 5.10 Å². The summed E-state index contributed by atoms with van der Waals surface area (Å²) in [4.78, 5) is 16.8. The van der Waals surface area contributed by atoms with Crippen LogP contribution in [0.15, 0.2) is 68.8 Å². The molecule has 2 aromatic carbocycles. The van der Waals surface area contributed by atoms with E-state index >= 15 is 0 Å². The van der Waals surface area contributed by atoms with Crippen LogP contribution in [-0.4, -0.2) is 16.1 Å². The third-order valence-electron chi connectivity index (χ3n) is 3.16. The molecule has 0 amide bonds. The molecule has 0 saturated heterocycles. The molecule has 0 atom stereocenters. The van der Waals surface area contributed by atoms with E-state index in [0.717, 1.165) is 15.5 Å². The molecule has 0 aliphatic heterocycles. The Morgan fingerprint density at radius 2 is 2.08 bits per heavy atom. The number of nitro groups is 1. The number of nitrogens with one attached hydrogen (secondary N) is 1. The zero-order chi connectivity index (χ0) is 17.6. The SMILES string of the molecule is Cc1csc(NN=Cc2cc([N+](=O)[O-])ccc2Sc2ccccc2)n1. The lowest BCUT2D eigenvalue weighted by molar-refractivity contribution is -0.384. The number of anilines is 1. The second-order valence-electron chi connectivity index (χ2n) is 5.06. The molecule has 0 fully saturated rings. The Kier molecular flexibility index (Phi) is 5.42. The summed E-state index contributed by atoms with van der Waals surface area (Å²) in [5.74, 6) is 0. The average Bonchev–Trinajstić information content (AvgIpc) is 3.02. The van der Waals surface area contributed by atoms with Crippen LogP contribution in [0, 0.1) is 17.0 Å². The molecule has 1 heterocycles. The molecule has 1 aromatic heterocycles. The van der Waals surface area contributed by atoms with Gasteiger partial charge in [-0.3, -0.25) is 15.5 Å². The third kappa shape index (κ3) is 4.65. The van der Waals surface area contributed by atoms with Gasteiger partial charge in [0.05, 0.1) is 16.8 Å². The Bertz CT molecular complexity index is 910. The topological polar surface area (TPSA) is 80.4 Å². The van der Waals surface area contributed by atoms with Gasteiger partial charge in [0.2, 0.25) is 5.13 Å². The molecule has 1 N–H and O–H groups in total. The van der Waals surface area contributed by atoms with Crippen molar-refractivity contribution in [3.8, 4) is 0 Å². The van der Waals surface area contributed by atoms with Gasteiger partial charge in [0.1, 0.15) is 0 Å².